The van der Waals surface area contributed by atoms with E-state index in [2.05, 4.69) is 51.9 Å². The largest absolute Gasteiger partial charge is 0.356 e. The van der Waals surface area contributed by atoms with Crippen molar-refractivity contribution in [1.82, 2.24) is 15.5 Å². The zero-order valence-electron chi connectivity index (χ0n) is 14.5. The van der Waals surface area contributed by atoms with Gasteiger partial charge >= 0.3 is 0 Å². The van der Waals surface area contributed by atoms with Crippen molar-refractivity contribution in [2.45, 2.75) is 45.1 Å². The van der Waals surface area contributed by atoms with Crippen LogP contribution in [0.5, 0.6) is 0 Å². The Morgan fingerprint density at radius 2 is 2.26 bits per heavy atom. The number of nitrogens with zero attached hydrogens (tertiary/aromatic N) is 2. The van der Waals surface area contributed by atoms with Gasteiger partial charge in [-0.25, -0.2) is 0 Å². The van der Waals surface area contributed by atoms with E-state index in [9.17, 15) is 0 Å². The fraction of sp³-hybridized carbons (Fsp3) is 0.706. The number of nitrogens with one attached hydrogen (secondary N) is 2. The Hall–Kier alpha value is -0.340. The summed E-state index contributed by atoms with van der Waals surface area (Å²) in [5.41, 5.74) is 0. The van der Waals surface area contributed by atoms with Crippen molar-refractivity contribution < 1.29 is 0 Å². The number of likely N-dealkylation sites (tertiary alicyclic amines) is 1. The third-order valence-electron chi connectivity index (χ3n) is 4.49. The minimum absolute atomic E-state index is 0. The van der Waals surface area contributed by atoms with E-state index in [4.69, 9.17) is 0 Å². The quantitative estimate of drug-likeness (QED) is 0.396. The zero-order valence-corrected chi connectivity index (χ0v) is 17.7. The SMILES string of the molecule is CCN1CCCCC1CNC(=NC)NCC(C)c1cccs1.I. The summed E-state index contributed by atoms with van der Waals surface area (Å²) in [6, 6.07) is 4.97. The second kappa shape index (κ2) is 11.3. The smallest absolute Gasteiger partial charge is 0.191 e. The lowest BCUT2D eigenvalue weighted by molar-refractivity contribution is 0.157. The highest BCUT2D eigenvalue weighted by molar-refractivity contribution is 14.0. The summed E-state index contributed by atoms with van der Waals surface area (Å²) in [6.07, 6.45) is 3.99. The molecule has 1 aliphatic heterocycles. The van der Waals surface area contributed by atoms with Crippen molar-refractivity contribution in [3.05, 3.63) is 22.4 Å². The highest BCUT2D eigenvalue weighted by Crippen LogP contribution is 2.19. The molecule has 1 fully saturated rings. The van der Waals surface area contributed by atoms with Gasteiger partial charge in [0, 0.05) is 37.0 Å². The normalized spacial score (nSPS) is 20.7. The van der Waals surface area contributed by atoms with Crippen LogP contribution in [0.15, 0.2) is 22.5 Å². The molecule has 2 heterocycles. The van der Waals surface area contributed by atoms with Gasteiger partial charge in [-0.15, -0.1) is 35.3 Å². The van der Waals surface area contributed by atoms with Gasteiger partial charge in [-0.1, -0.05) is 26.3 Å². The second-order valence-corrected chi connectivity index (χ2v) is 7.01. The van der Waals surface area contributed by atoms with Crippen LogP contribution in [-0.4, -0.2) is 50.1 Å². The van der Waals surface area contributed by atoms with E-state index in [1.807, 2.05) is 18.4 Å². The van der Waals surface area contributed by atoms with Gasteiger partial charge < -0.3 is 10.6 Å². The van der Waals surface area contributed by atoms with Crippen LogP contribution < -0.4 is 10.6 Å². The van der Waals surface area contributed by atoms with Crippen LogP contribution >= 0.6 is 35.3 Å². The van der Waals surface area contributed by atoms with Crippen LogP contribution in [0.25, 0.3) is 0 Å². The number of likely N-dealkylation sites (N-methyl/N-ethyl adjacent to an activating group) is 1. The summed E-state index contributed by atoms with van der Waals surface area (Å²) >= 11 is 1.82. The summed E-state index contributed by atoms with van der Waals surface area (Å²) in [5.74, 6) is 1.44. The van der Waals surface area contributed by atoms with Crippen molar-refractivity contribution >= 4 is 41.3 Å². The third-order valence-corrected chi connectivity index (χ3v) is 5.59. The van der Waals surface area contributed by atoms with Crippen LogP contribution in [0, 0.1) is 0 Å². The number of halogens is 1. The average Bonchev–Trinajstić information content (AvgIpc) is 3.09. The van der Waals surface area contributed by atoms with Crippen LogP contribution in [0.4, 0.5) is 0 Å². The molecule has 0 bridgehead atoms. The minimum Gasteiger partial charge on any atom is -0.356 e. The Kier molecular flexibility index (Phi) is 10.1. The van der Waals surface area contributed by atoms with E-state index < -0.39 is 0 Å². The van der Waals surface area contributed by atoms with E-state index in [1.165, 1.54) is 30.7 Å². The molecule has 2 unspecified atom stereocenters. The van der Waals surface area contributed by atoms with Crippen LogP contribution in [0.2, 0.25) is 0 Å². The van der Waals surface area contributed by atoms with Gasteiger partial charge in [0.05, 0.1) is 0 Å². The maximum absolute atomic E-state index is 4.36. The molecule has 2 N–H and O–H groups in total. The minimum atomic E-state index is 0. The van der Waals surface area contributed by atoms with Crippen molar-refractivity contribution in [1.29, 1.82) is 0 Å². The number of guanidine groups is 1. The third kappa shape index (κ3) is 6.58. The Morgan fingerprint density at radius 3 is 2.91 bits per heavy atom. The first-order chi connectivity index (χ1) is 10.7. The molecule has 2 atom stereocenters. The van der Waals surface area contributed by atoms with Gasteiger partial charge in [0.25, 0.3) is 0 Å². The zero-order chi connectivity index (χ0) is 15.8. The molecular weight excluding hydrogens is 419 g/mol. The summed E-state index contributed by atoms with van der Waals surface area (Å²) in [6.45, 7) is 8.81. The summed E-state index contributed by atoms with van der Waals surface area (Å²) < 4.78 is 0. The molecule has 4 nitrogen and oxygen atoms in total. The van der Waals surface area contributed by atoms with E-state index in [0.717, 1.165) is 25.6 Å². The Balaban J connectivity index is 0.00000264. The Labute approximate surface area is 162 Å². The molecule has 1 saturated heterocycles. The molecule has 0 aromatic carbocycles. The van der Waals surface area contributed by atoms with Gasteiger partial charge in [-0.3, -0.25) is 9.89 Å². The lowest BCUT2D eigenvalue weighted by Crippen LogP contribution is -2.49. The Bertz CT molecular complexity index is 449. The molecule has 1 aromatic heterocycles. The van der Waals surface area contributed by atoms with Crippen molar-refractivity contribution in [3.8, 4) is 0 Å². The first kappa shape index (κ1) is 20.7. The summed E-state index contributed by atoms with van der Waals surface area (Å²) in [5, 5.41) is 9.10. The van der Waals surface area contributed by atoms with E-state index in [0.29, 0.717) is 12.0 Å². The van der Waals surface area contributed by atoms with E-state index >= 15 is 0 Å². The molecule has 0 amide bonds. The monoisotopic (exact) mass is 450 g/mol. The number of thiophene rings is 1. The molecule has 0 spiro atoms. The summed E-state index contributed by atoms with van der Waals surface area (Å²) in [7, 11) is 1.85. The van der Waals surface area contributed by atoms with Gasteiger partial charge in [0.15, 0.2) is 5.96 Å². The number of hydrogen-bond donors (Lipinski definition) is 2. The van der Waals surface area contributed by atoms with Gasteiger partial charge in [-0.05, 0) is 37.4 Å². The Morgan fingerprint density at radius 1 is 1.43 bits per heavy atom. The van der Waals surface area contributed by atoms with E-state index in [1.54, 1.807) is 0 Å². The lowest BCUT2D eigenvalue weighted by Gasteiger charge is -2.35. The van der Waals surface area contributed by atoms with Gasteiger partial charge in [0.1, 0.15) is 0 Å². The molecule has 1 aliphatic rings. The van der Waals surface area contributed by atoms with Crippen molar-refractivity contribution in [2.75, 3.05) is 33.2 Å². The molecule has 0 aliphatic carbocycles. The first-order valence-corrected chi connectivity index (χ1v) is 9.34. The number of hydrogen-bond acceptors (Lipinski definition) is 3. The number of aliphatic imine (C=N–C) groups is 1. The fourth-order valence-electron chi connectivity index (χ4n) is 3.06. The molecular formula is C17H31IN4S. The van der Waals surface area contributed by atoms with Gasteiger partial charge in [-0.2, -0.15) is 0 Å². The number of piperidine rings is 1. The molecule has 0 radical (unpaired) electrons. The highest BCUT2D eigenvalue weighted by Gasteiger charge is 2.20. The predicted molar refractivity (Wildman–Crippen MR) is 112 cm³/mol. The molecule has 1 aromatic rings. The van der Waals surface area contributed by atoms with Crippen molar-refractivity contribution in [3.63, 3.8) is 0 Å². The molecule has 132 valence electrons. The summed E-state index contributed by atoms with van der Waals surface area (Å²) in [4.78, 5) is 8.36. The maximum atomic E-state index is 4.36. The lowest BCUT2D eigenvalue weighted by atomic mass is 10.0. The predicted octanol–water partition coefficient (Wildman–Crippen LogP) is 3.51. The molecule has 2 rings (SSSR count). The maximum Gasteiger partial charge on any atom is 0.191 e. The number of rotatable bonds is 6. The van der Waals surface area contributed by atoms with Crippen LogP contribution in [0.1, 0.15) is 43.9 Å². The molecule has 23 heavy (non-hydrogen) atoms. The topological polar surface area (TPSA) is 39.7 Å². The average molecular weight is 450 g/mol. The van der Waals surface area contributed by atoms with Crippen molar-refractivity contribution in [2.24, 2.45) is 4.99 Å². The van der Waals surface area contributed by atoms with E-state index in [-0.39, 0.29) is 24.0 Å². The van der Waals surface area contributed by atoms with Gasteiger partial charge in [0.2, 0.25) is 0 Å². The standard InChI is InChI=1S/C17H30N4S.HI/c1-4-21-10-6-5-8-15(21)13-20-17(18-3)19-12-14(2)16-9-7-11-22-16;/h7,9,11,14-15H,4-6,8,10,12-13H2,1-3H3,(H2,18,19,20);1H. The highest BCUT2D eigenvalue weighted by atomic mass is 127. The fourth-order valence-corrected chi connectivity index (χ4v) is 3.85. The molecule has 6 heteroatoms. The van der Waals surface area contributed by atoms with Crippen LogP contribution in [0.3, 0.4) is 0 Å². The second-order valence-electron chi connectivity index (χ2n) is 6.03. The molecule has 0 saturated carbocycles. The first-order valence-electron chi connectivity index (χ1n) is 8.46. The van der Waals surface area contributed by atoms with Crippen LogP contribution in [-0.2, 0) is 0 Å².